The first-order chi connectivity index (χ1) is 14.2. The smallest absolute Gasteiger partial charge is 0.121 e. The molecule has 1 aliphatic heterocycles. The Morgan fingerprint density at radius 2 is 1.61 bits per heavy atom. The normalized spacial score (nSPS) is 14.6. The second kappa shape index (κ2) is 12.0. The van der Waals surface area contributed by atoms with Crippen LogP contribution in [0.15, 0.2) is 72.8 Å². The molecular formula is C26H32Cl2N2O. The molecule has 5 heteroatoms. The molecule has 0 aromatic heterocycles. The van der Waals surface area contributed by atoms with Gasteiger partial charge in [0.25, 0.3) is 0 Å². The van der Waals surface area contributed by atoms with Gasteiger partial charge in [0, 0.05) is 18.3 Å². The number of halogens is 2. The van der Waals surface area contributed by atoms with Crippen molar-refractivity contribution >= 4 is 30.5 Å². The van der Waals surface area contributed by atoms with E-state index >= 15 is 0 Å². The molecule has 3 aromatic carbocycles. The van der Waals surface area contributed by atoms with Gasteiger partial charge < -0.3 is 15.0 Å². The first-order valence-corrected chi connectivity index (χ1v) is 10.5. The lowest BCUT2D eigenvalue weighted by atomic mass is 9.91. The number of nitrogens with zero attached hydrogens (tertiary/aromatic N) is 1. The second-order valence-corrected chi connectivity index (χ2v) is 8.21. The molecule has 0 fully saturated rings. The van der Waals surface area contributed by atoms with E-state index in [0.717, 1.165) is 25.3 Å². The van der Waals surface area contributed by atoms with E-state index in [0.29, 0.717) is 12.5 Å². The summed E-state index contributed by atoms with van der Waals surface area (Å²) in [4.78, 5) is 2.26. The lowest BCUT2D eigenvalue weighted by Crippen LogP contribution is -2.26. The zero-order valence-corrected chi connectivity index (χ0v) is 19.8. The first-order valence-electron chi connectivity index (χ1n) is 10.5. The molecule has 0 aliphatic carbocycles. The van der Waals surface area contributed by atoms with Crippen LogP contribution in [0, 0.1) is 5.92 Å². The van der Waals surface area contributed by atoms with Crippen LogP contribution in [-0.2, 0) is 13.0 Å². The van der Waals surface area contributed by atoms with Crippen LogP contribution in [0.25, 0.3) is 11.1 Å². The van der Waals surface area contributed by atoms with Gasteiger partial charge in [-0.05, 0) is 67.7 Å². The molecule has 0 amide bonds. The van der Waals surface area contributed by atoms with Crippen molar-refractivity contribution in [2.24, 2.45) is 5.92 Å². The van der Waals surface area contributed by atoms with E-state index < -0.39 is 0 Å². The minimum Gasteiger partial charge on any atom is -0.489 e. The Balaban J connectivity index is 0.00000171. The third-order valence-corrected chi connectivity index (χ3v) is 5.62. The summed E-state index contributed by atoms with van der Waals surface area (Å²) in [5.41, 5.74) is 6.28. The Kier molecular flexibility index (Phi) is 9.70. The molecule has 1 N–H and O–H groups in total. The van der Waals surface area contributed by atoms with Crippen LogP contribution in [0.3, 0.4) is 0 Å². The molecule has 1 atom stereocenters. The number of anilines is 1. The van der Waals surface area contributed by atoms with E-state index in [4.69, 9.17) is 4.74 Å². The molecule has 4 rings (SSSR count). The molecule has 1 heterocycles. The van der Waals surface area contributed by atoms with E-state index in [9.17, 15) is 0 Å². The Bertz CT molecular complexity index is 930. The maximum Gasteiger partial charge on any atom is 0.121 e. The molecule has 0 saturated heterocycles. The summed E-state index contributed by atoms with van der Waals surface area (Å²) in [6, 6.07) is 25.6. The molecule has 166 valence electrons. The molecule has 1 unspecified atom stereocenters. The predicted molar refractivity (Wildman–Crippen MR) is 136 cm³/mol. The maximum atomic E-state index is 6.06. The lowest BCUT2D eigenvalue weighted by molar-refractivity contribution is 0.306. The van der Waals surface area contributed by atoms with E-state index in [2.05, 4.69) is 91.0 Å². The van der Waals surface area contributed by atoms with Crippen molar-refractivity contribution in [2.45, 2.75) is 19.4 Å². The number of nitrogens with one attached hydrogen (secondary N) is 1. The van der Waals surface area contributed by atoms with Crippen molar-refractivity contribution in [3.63, 3.8) is 0 Å². The fourth-order valence-electron chi connectivity index (χ4n) is 3.86. The van der Waals surface area contributed by atoms with Gasteiger partial charge >= 0.3 is 0 Å². The van der Waals surface area contributed by atoms with Crippen molar-refractivity contribution in [3.05, 3.63) is 83.9 Å². The van der Waals surface area contributed by atoms with Crippen molar-refractivity contribution in [1.29, 1.82) is 0 Å². The summed E-state index contributed by atoms with van der Waals surface area (Å²) < 4.78 is 6.06. The third-order valence-electron chi connectivity index (χ3n) is 5.62. The van der Waals surface area contributed by atoms with E-state index in [1.165, 1.54) is 34.4 Å². The summed E-state index contributed by atoms with van der Waals surface area (Å²) in [6.45, 7) is 2.77. The van der Waals surface area contributed by atoms with Crippen LogP contribution in [0.2, 0.25) is 0 Å². The van der Waals surface area contributed by atoms with Gasteiger partial charge in [-0.1, -0.05) is 60.7 Å². The highest BCUT2D eigenvalue weighted by Crippen LogP contribution is 2.30. The largest absolute Gasteiger partial charge is 0.489 e. The fraction of sp³-hybridized carbons (Fsp3) is 0.308. The third kappa shape index (κ3) is 6.90. The van der Waals surface area contributed by atoms with Crippen molar-refractivity contribution in [1.82, 2.24) is 4.90 Å². The average molecular weight is 459 g/mol. The number of ether oxygens (including phenoxy) is 1. The quantitative estimate of drug-likeness (QED) is 0.448. The number of benzene rings is 3. The Morgan fingerprint density at radius 1 is 0.903 bits per heavy atom. The van der Waals surface area contributed by atoms with Gasteiger partial charge in [0.1, 0.15) is 12.4 Å². The predicted octanol–water partition coefficient (Wildman–Crippen LogP) is 6.31. The highest BCUT2D eigenvalue weighted by Gasteiger charge is 2.18. The molecule has 0 radical (unpaired) electrons. The zero-order valence-electron chi connectivity index (χ0n) is 18.2. The summed E-state index contributed by atoms with van der Waals surface area (Å²) in [5.74, 6) is 1.63. The summed E-state index contributed by atoms with van der Waals surface area (Å²) in [7, 11) is 4.28. The van der Waals surface area contributed by atoms with Crippen LogP contribution in [0.4, 0.5) is 5.69 Å². The molecule has 0 bridgehead atoms. The van der Waals surface area contributed by atoms with Crippen molar-refractivity contribution < 1.29 is 4.74 Å². The summed E-state index contributed by atoms with van der Waals surface area (Å²) in [6.07, 6.45) is 2.38. The maximum absolute atomic E-state index is 6.06. The van der Waals surface area contributed by atoms with Gasteiger partial charge in [0.05, 0.1) is 0 Å². The molecule has 0 spiro atoms. The Morgan fingerprint density at radius 3 is 2.32 bits per heavy atom. The van der Waals surface area contributed by atoms with Crippen LogP contribution in [0.1, 0.15) is 17.5 Å². The zero-order chi connectivity index (χ0) is 20.1. The van der Waals surface area contributed by atoms with E-state index in [1.54, 1.807) is 0 Å². The van der Waals surface area contributed by atoms with E-state index in [1.807, 2.05) is 6.07 Å². The molecule has 3 aromatic rings. The molecule has 3 nitrogen and oxygen atoms in total. The molecule has 31 heavy (non-hydrogen) atoms. The highest BCUT2D eigenvalue weighted by atomic mass is 35.5. The van der Waals surface area contributed by atoms with Crippen molar-refractivity contribution in [2.75, 3.05) is 32.5 Å². The van der Waals surface area contributed by atoms with E-state index in [-0.39, 0.29) is 24.8 Å². The fourth-order valence-corrected chi connectivity index (χ4v) is 3.86. The van der Waals surface area contributed by atoms with Crippen molar-refractivity contribution in [3.8, 4) is 16.9 Å². The van der Waals surface area contributed by atoms with Crippen LogP contribution in [-0.4, -0.2) is 32.1 Å². The van der Waals surface area contributed by atoms with Crippen LogP contribution >= 0.6 is 24.8 Å². The standard InChI is InChI=1S/C26H30N2O.2ClH/c1-28(2)15-14-21-16-24-12-13-25(17-26(24)27-18-21)29-19-20-8-10-23(11-9-20)22-6-4-3-5-7-22;;/h3-13,17,21,27H,14-16,18-19H2,1-2H3;2*1H. The highest BCUT2D eigenvalue weighted by molar-refractivity contribution is 5.85. The molecular weight excluding hydrogens is 427 g/mol. The molecule has 0 saturated carbocycles. The first kappa shape index (κ1) is 25.1. The lowest BCUT2D eigenvalue weighted by Gasteiger charge is -2.27. The number of fused-ring (bicyclic) bond motifs is 1. The van der Waals surface area contributed by atoms with Gasteiger partial charge in [-0.3, -0.25) is 0 Å². The Labute approximate surface area is 198 Å². The number of rotatable bonds is 7. The topological polar surface area (TPSA) is 24.5 Å². The van der Waals surface area contributed by atoms with Gasteiger partial charge in [0.15, 0.2) is 0 Å². The van der Waals surface area contributed by atoms with Crippen LogP contribution in [0.5, 0.6) is 5.75 Å². The minimum atomic E-state index is 0. The Hall–Kier alpha value is -2.20. The number of hydrogen-bond donors (Lipinski definition) is 1. The summed E-state index contributed by atoms with van der Waals surface area (Å²) >= 11 is 0. The SMILES string of the molecule is CN(C)CCC1CNc2cc(OCc3ccc(-c4ccccc4)cc3)ccc2C1.Cl.Cl. The number of hydrogen-bond acceptors (Lipinski definition) is 3. The van der Waals surface area contributed by atoms with Gasteiger partial charge in [0.2, 0.25) is 0 Å². The second-order valence-electron chi connectivity index (χ2n) is 8.21. The van der Waals surface area contributed by atoms with Gasteiger partial charge in [-0.15, -0.1) is 24.8 Å². The minimum absolute atomic E-state index is 0. The van der Waals surface area contributed by atoms with Gasteiger partial charge in [-0.25, -0.2) is 0 Å². The monoisotopic (exact) mass is 458 g/mol. The average Bonchev–Trinajstić information content (AvgIpc) is 2.77. The summed E-state index contributed by atoms with van der Waals surface area (Å²) in [5, 5.41) is 3.60. The molecule has 1 aliphatic rings. The van der Waals surface area contributed by atoms with Crippen LogP contribution < -0.4 is 10.1 Å². The van der Waals surface area contributed by atoms with Gasteiger partial charge in [-0.2, -0.15) is 0 Å².